The Kier molecular flexibility index (Phi) is 3.30. The van der Waals surface area contributed by atoms with E-state index in [4.69, 9.17) is 0 Å². The molecule has 0 amide bonds. The summed E-state index contributed by atoms with van der Waals surface area (Å²) in [6.45, 7) is 3.06. The van der Waals surface area contributed by atoms with Crippen LogP contribution in [0.1, 0.15) is 36.5 Å². The van der Waals surface area contributed by atoms with Gasteiger partial charge in [-0.3, -0.25) is 0 Å². The molecule has 0 radical (unpaired) electrons. The number of carbonyl (C=O) groups is 1. The number of anilines is 1. The highest BCUT2D eigenvalue weighted by molar-refractivity contribution is 6.03. The van der Waals surface area contributed by atoms with E-state index in [1.807, 2.05) is 24.3 Å². The van der Waals surface area contributed by atoms with Crippen molar-refractivity contribution in [1.29, 1.82) is 0 Å². The summed E-state index contributed by atoms with van der Waals surface area (Å²) in [5.74, 6) is -0.0949. The Hall–Kier alpha value is -2.10. The minimum atomic E-state index is -0.892. The van der Waals surface area contributed by atoms with Gasteiger partial charge in [-0.25, -0.2) is 9.78 Å². The van der Waals surface area contributed by atoms with Crippen molar-refractivity contribution in [2.75, 3.05) is 11.4 Å². The number of para-hydroxylation sites is 1. The minimum Gasteiger partial charge on any atom is -0.478 e. The van der Waals surface area contributed by atoms with E-state index in [0.29, 0.717) is 17.0 Å². The van der Waals surface area contributed by atoms with E-state index >= 15 is 0 Å². The summed E-state index contributed by atoms with van der Waals surface area (Å²) in [6, 6.07) is 9.69. The van der Waals surface area contributed by atoms with E-state index in [1.54, 1.807) is 6.07 Å². The topological polar surface area (TPSA) is 53.4 Å². The lowest BCUT2D eigenvalue weighted by molar-refractivity contribution is 0.0699. The Morgan fingerprint density at radius 1 is 1.40 bits per heavy atom. The number of aromatic carboxylic acids is 1. The number of carboxylic acids is 1. The van der Waals surface area contributed by atoms with Gasteiger partial charge in [0, 0.05) is 18.0 Å². The van der Waals surface area contributed by atoms with E-state index in [-0.39, 0.29) is 0 Å². The first-order chi connectivity index (χ1) is 9.70. The normalized spacial score (nSPS) is 14.4. The molecule has 1 aliphatic carbocycles. The summed E-state index contributed by atoms with van der Waals surface area (Å²) in [5.41, 5.74) is 1.09. The molecule has 1 aromatic carbocycles. The van der Waals surface area contributed by atoms with Gasteiger partial charge in [-0.05, 0) is 31.4 Å². The number of benzene rings is 1. The van der Waals surface area contributed by atoms with Crippen molar-refractivity contribution < 1.29 is 9.90 Å². The summed E-state index contributed by atoms with van der Waals surface area (Å²) in [4.78, 5) is 18.4. The maximum absolute atomic E-state index is 11.5. The number of fused-ring (bicyclic) bond motifs is 1. The van der Waals surface area contributed by atoms with Crippen LogP contribution in [0, 0.1) is 0 Å². The van der Waals surface area contributed by atoms with Crippen LogP contribution in [-0.2, 0) is 0 Å². The number of carboxylic acid groups (broad SMARTS) is 1. The Labute approximate surface area is 118 Å². The van der Waals surface area contributed by atoms with Gasteiger partial charge in [0.05, 0.1) is 11.1 Å². The number of hydrogen-bond donors (Lipinski definition) is 1. The van der Waals surface area contributed by atoms with Crippen molar-refractivity contribution in [3.05, 3.63) is 35.9 Å². The number of nitrogens with zero attached hydrogens (tertiary/aromatic N) is 2. The smallest absolute Gasteiger partial charge is 0.336 e. The molecule has 1 aromatic heterocycles. The fraction of sp³-hybridized carbons (Fsp3) is 0.375. The summed E-state index contributed by atoms with van der Waals surface area (Å²) < 4.78 is 0. The molecular weight excluding hydrogens is 252 g/mol. The lowest BCUT2D eigenvalue weighted by Gasteiger charge is -2.23. The van der Waals surface area contributed by atoms with Crippen molar-refractivity contribution in [2.45, 2.75) is 32.2 Å². The lowest BCUT2D eigenvalue weighted by Crippen LogP contribution is -2.27. The fourth-order valence-corrected chi connectivity index (χ4v) is 2.60. The molecule has 0 saturated heterocycles. The molecule has 1 aliphatic rings. The Morgan fingerprint density at radius 3 is 2.80 bits per heavy atom. The molecule has 0 bridgehead atoms. The van der Waals surface area contributed by atoms with Crippen LogP contribution >= 0.6 is 0 Å². The molecule has 0 aliphatic heterocycles. The summed E-state index contributed by atoms with van der Waals surface area (Å²) >= 11 is 0. The zero-order valence-electron chi connectivity index (χ0n) is 11.5. The van der Waals surface area contributed by atoms with Gasteiger partial charge in [0.1, 0.15) is 5.82 Å². The molecule has 0 spiro atoms. The van der Waals surface area contributed by atoms with Crippen molar-refractivity contribution >= 4 is 22.7 Å². The number of aromatic nitrogens is 1. The third-order valence-electron chi connectivity index (χ3n) is 3.68. The summed E-state index contributed by atoms with van der Waals surface area (Å²) in [5, 5.41) is 10.1. The molecular formula is C16H18N2O2. The Bertz CT molecular complexity index is 650. The molecule has 104 valence electrons. The second-order valence-electron chi connectivity index (χ2n) is 5.27. The number of pyridine rings is 1. The van der Waals surface area contributed by atoms with Gasteiger partial charge < -0.3 is 10.0 Å². The lowest BCUT2D eigenvalue weighted by atomic mass is 10.1. The van der Waals surface area contributed by atoms with Gasteiger partial charge in [-0.2, -0.15) is 0 Å². The standard InChI is InChI=1S/C16H18N2O2/c1-2-9-18(11-7-8-11)15-10-13(16(19)20)12-5-3-4-6-14(12)17-15/h3-6,10-11H,2,7-9H2,1H3,(H,19,20). The van der Waals surface area contributed by atoms with Crippen molar-refractivity contribution in [1.82, 2.24) is 4.98 Å². The second kappa shape index (κ2) is 5.12. The third kappa shape index (κ3) is 2.33. The average Bonchev–Trinajstić information content (AvgIpc) is 3.28. The molecule has 0 atom stereocenters. The van der Waals surface area contributed by atoms with Crippen LogP contribution in [0.25, 0.3) is 10.9 Å². The van der Waals surface area contributed by atoms with Gasteiger partial charge in [-0.15, -0.1) is 0 Å². The van der Waals surface area contributed by atoms with E-state index in [2.05, 4.69) is 16.8 Å². The molecule has 1 heterocycles. The molecule has 1 saturated carbocycles. The SMILES string of the molecule is CCCN(c1cc(C(=O)O)c2ccccc2n1)C1CC1. The summed E-state index contributed by atoms with van der Waals surface area (Å²) in [6.07, 6.45) is 3.39. The first-order valence-electron chi connectivity index (χ1n) is 7.10. The second-order valence-corrected chi connectivity index (χ2v) is 5.27. The van der Waals surface area contributed by atoms with Gasteiger partial charge in [0.2, 0.25) is 0 Å². The van der Waals surface area contributed by atoms with Gasteiger partial charge in [0.15, 0.2) is 0 Å². The van der Waals surface area contributed by atoms with Crippen LogP contribution < -0.4 is 4.90 Å². The largest absolute Gasteiger partial charge is 0.478 e. The highest BCUT2D eigenvalue weighted by Crippen LogP contribution is 2.32. The van der Waals surface area contributed by atoms with E-state index < -0.39 is 5.97 Å². The van der Waals surface area contributed by atoms with E-state index in [0.717, 1.165) is 24.3 Å². The van der Waals surface area contributed by atoms with E-state index in [9.17, 15) is 9.90 Å². The van der Waals surface area contributed by atoms with Crippen molar-refractivity contribution in [3.63, 3.8) is 0 Å². The first-order valence-corrected chi connectivity index (χ1v) is 7.10. The van der Waals surface area contributed by atoms with Crippen LogP contribution in [0.15, 0.2) is 30.3 Å². The predicted molar refractivity (Wildman–Crippen MR) is 79.4 cm³/mol. The molecule has 2 aromatic rings. The molecule has 3 rings (SSSR count). The van der Waals surface area contributed by atoms with Crippen LogP contribution in [0.4, 0.5) is 5.82 Å². The van der Waals surface area contributed by atoms with Crippen molar-refractivity contribution in [2.24, 2.45) is 0 Å². The van der Waals surface area contributed by atoms with Crippen LogP contribution in [-0.4, -0.2) is 28.6 Å². The van der Waals surface area contributed by atoms with Crippen LogP contribution in [0.2, 0.25) is 0 Å². The van der Waals surface area contributed by atoms with Gasteiger partial charge in [0.25, 0.3) is 0 Å². The molecule has 20 heavy (non-hydrogen) atoms. The van der Waals surface area contributed by atoms with Crippen LogP contribution in [0.3, 0.4) is 0 Å². The van der Waals surface area contributed by atoms with Gasteiger partial charge in [-0.1, -0.05) is 25.1 Å². The summed E-state index contributed by atoms with van der Waals surface area (Å²) in [7, 11) is 0. The Balaban J connectivity index is 2.13. The maximum atomic E-state index is 11.5. The molecule has 1 fully saturated rings. The molecule has 4 nitrogen and oxygen atoms in total. The minimum absolute atomic E-state index is 0.340. The number of rotatable bonds is 5. The third-order valence-corrected chi connectivity index (χ3v) is 3.68. The highest BCUT2D eigenvalue weighted by Gasteiger charge is 2.30. The highest BCUT2D eigenvalue weighted by atomic mass is 16.4. The zero-order valence-corrected chi connectivity index (χ0v) is 11.5. The average molecular weight is 270 g/mol. The fourth-order valence-electron chi connectivity index (χ4n) is 2.60. The predicted octanol–water partition coefficient (Wildman–Crippen LogP) is 3.31. The number of hydrogen-bond acceptors (Lipinski definition) is 3. The van der Waals surface area contributed by atoms with E-state index in [1.165, 1.54) is 12.8 Å². The molecule has 1 N–H and O–H groups in total. The van der Waals surface area contributed by atoms with Gasteiger partial charge >= 0.3 is 5.97 Å². The monoisotopic (exact) mass is 270 g/mol. The van der Waals surface area contributed by atoms with Crippen molar-refractivity contribution in [3.8, 4) is 0 Å². The molecule has 0 unspecified atom stereocenters. The van der Waals surface area contributed by atoms with Crippen LogP contribution in [0.5, 0.6) is 0 Å². The first kappa shape index (κ1) is 12.9. The Morgan fingerprint density at radius 2 is 2.15 bits per heavy atom. The molecule has 4 heteroatoms. The zero-order chi connectivity index (χ0) is 14.1. The maximum Gasteiger partial charge on any atom is 0.336 e. The quantitative estimate of drug-likeness (QED) is 0.905.